The van der Waals surface area contributed by atoms with Crippen LogP contribution in [-0.4, -0.2) is 35.5 Å². The highest BCUT2D eigenvalue weighted by Crippen LogP contribution is 2.29. The fourth-order valence-corrected chi connectivity index (χ4v) is 1.34. The van der Waals surface area contributed by atoms with Crippen molar-refractivity contribution in [3.8, 4) is 0 Å². The van der Waals surface area contributed by atoms with Crippen LogP contribution in [0.3, 0.4) is 0 Å². The number of hydrogen-bond donors (Lipinski definition) is 1. The van der Waals surface area contributed by atoms with Crippen molar-refractivity contribution in [1.29, 1.82) is 0 Å². The standard InChI is InChI=1S/C9H14O4/c1-4-7-8(6(11)5-10)13-9(2,3)12-7/h4-8,11H,1H2,2-3H3/t6-,7-,8+/m0/s1. The fraction of sp³-hybridized carbons (Fsp3) is 0.667. The van der Waals surface area contributed by atoms with Crippen LogP contribution in [0.2, 0.25) is 0 Å². The Morgan fingerprint density at radius 2 is 2.15 bits per heavy atom. The quantitative estimate of drug-likeness (QED) is 0.507. The van der Waals surface area contributed by atoms with Gasteiger partial charge in [-0.2, -0.15) is 0 Å². The predicted octanol–water partition coefficient (Wildman–Crippen LogP) is 0.252. The van der Waals surface area contributed by atoms with Crippen LogP contribution >= 0.6 is 0 Å². The summed E-state index contributed by atoms with van der Waals surface area (Å²) >= 11 is 0. The monoisotopic (exact) mass is 186 g/mol. The molecule has 4 heteroatoms. The number of aliphatic hydroxyl groups is 1. The molecule has 0 unspecified atom stereocenters. The molecule has 0 spiro atoms. The first-order chi connectivity index (χ1) is 6.00. The largest absolute Gasteiger partial charge is 0.383 e. The molecule has 74 valence electrons. The lowest BCUT2D eigenvalue weighted by atomic mass is 10.1. The van der Waals surface area contributed by atoms with Gasteiger partial charge in [0.25, 0.3) is 0 Å². The van der Waals surface area contributed by atoms with E-state index >= 15 is 0 Å². The van der Waals surface area contributed by atoms with E-state index in [-0.39, 0.29) is 0 Å². The zero-order valence-corrected chi connectivity index (χ0v) is 7.77. The van der Waals surface area contributed by atoms with Crippen LogP contribution in [-0.2, 0) is 14.3 Å². The maximum Gasteiger partial charge on any atom is 0.164 e. The van der Waals surface area contributed by atoms with Crippen molar-refractivity contribution in [2.24, 2.45) is 0 Å². The van der Waals surface area contributed by atoms with Crippen molar-refractivity contribution in [1.82, 2.24) is 0 Å². The molecule has 0 saturated carbocycles. The predicted molar refractivity (Wildman–Crippen MR) is 46.1 cm³/mol. The third kappa shape index (κ3) is 2.15. The van der Waals surface area contributed by atoms with Gasteiger partial charge in [0.2, 0.25) is 0 Å². The molecule has 1 saturated heterocycles. The van der Waals surface area contributed by atoms with Crippen LogP contribution < -0.4 is 0 Å². The average molecular weight is 186 g/mol. The van der Waals surface area contributed by atoms with Gasteiger partial charge in [-0.15, -0.1) is 6.58 Å². The summed E-state index contributed by atoms with van der Waals surface area (Å²) < 4.78 is 10.7. The molecule has 1 aliphatic heterocycles. The topological polar surface area (TPSA) is 55.8 Å². The van der Waals surface area contributed by atoms with Gasteiger partial charge in [-0.1, -0.05) is 6.08 Å². The number of aldehydes is 1. The number of carbonyl (C=O) groups is 1. The molecule has 4 nitrogen and oxygen atoms in total. The third-order valence-electron chi connectivity index (χ3n) is 1.87. The molecule has 0 radical (unpaired) electrons. The lowest BCUT2D eigenvalue weighted by molar-refractivity contribution is -0.155. The highest BCUT2D eigenvalue weighted by molar-refractivity contribution is 5.57. The summed E-state index contributed by atoms with van der Waals surface area (Å²) in [6, 6.07) is 0. The molecule has 1 N–H and O–H groups in total. The van der Waals surface area contributed by atoms with E-state index in [0.717, 1.165) is 0 Å². The summed E-state index contributed by atoms with van der Waals surface area (Å²) in [4.78, 5) is 10.3. The van der Waals surface area contributed by atoms with Crippen molar-refractivity contribution >= 4 is 6.29 Å². The van der Waals surface area contributed by atoms with E-state index in [4.69, 9.17) is 9.47 Å². The Balaban J connectivity index is 2.74. The highest BCUT2D eigenvalue weighted by atomic mass is 16.8. The lowest BCUT2D eigenvalue weighted by Crippen LogP contribution is -2.35. The molecule has 0 amide bonds. The first-order valence-electron chi connectivity index (χ1n) is 4.12. The minimum absolute atomic E-state index is 0.435. The van der Waals surface area contributed by atoms with Gasteiger partial charge < -0.3 is 19.4 Å². The summed E-state index contributed by atoms with van der Waals surface area (Å²) in [6.45, 7) is 6.99. The van der Waals surface area contributed by atoms with Crippen LogP contribution in [0.5, 0.6) is 0 Å². The maximum atomic E-state index is 10.3. The smallest absolute Gasteiger partial charge is 0.164 e. The van der Waals surface area contributed by atoms with Gasteiger partial charge in [0.1, 0.15) is 18.3 Å². The third-order valence-corrected chi connectivity index (χ3v) is 1.87. The molecule has 0 aliphatic carbocycles. The van der Waals surface area contributed by atoms with E-state index in [2.05, 4.69) is 6.58 Å². The fourth-order valence-electron chi connectivity index (χ4n) is 1.34. The molecule has 1 aliphatic rings. The highest BCUT2D eigenvalue weighted by Gasteiger charge is 2.43. The first kappa shape index (κ1) is 10.4. The number of rotatable bonds is 3. The van der Waals surface area contributed by atoms with Crippen LogP contribution in [0.15, 0.2) is 12.7 Å². The van der Waals surface area contributed by atoms with Gasteiger partial charge in [-0.3, -0.25) is 0 Å². The Morgan fingerprint density at radius 1 is 1.54 bits per heavy atom. The molecule has 3 atom stereocenters. The molecule has 13 heavy (non-hydrogen) atoms. The van der Waals surface area contributed by atoms with Gasteiger partial charge in [-0.05, 0) is 13.8 Å². The van der Waals surface area contributed by atoms with E-state index in [0.29, 0.717) is 6.29 Å². The molecule has 1 heterocycles. The second-order valence-corrected chi connectivity index (χ2v) is 3.43. The second kappa shape index (κ2) is 3.57. The molecule has 1 rings (SSSR count). The van der Waals surface area contributed by atoms with Gasteiger partial charge >= 0.3 is 0 Å². The minimum atomic E-state index is -1.16. The van der Waals surface area contributed by atoms with Crippen molar-refractivity contribution in [2.75, 3.05) is 0 Å². The van der Waals surface area contributed by atoms with E-state index in [9.17, 15) is 9.90 Å². The van der Waals surface area contributed by atoms with Crippen LogP contribution in [0.1, 0.15) is 13.8 Å². The Kier molecular flexibility index (Phi) is 2.85. The molecule has 0 aromatic rings. The Morgan fingerprint density at radius 3 is 2.62 bits per heavy atom. The Labute approximate surface area is 77.1 Å². The molecule has 0 bridgehead atoms. The molecular weight excluding hydrogens is 172 g/mol. The zero-order valence-electron chi connectivity index (χ0n) is 7.77. The summed E-state index contributed by atoms with van der Waals surface area (Å²) in [5.41, 5.74) is 0. The number of hydrogen-bond acceptors (Lipinski definition) is 4. The van der Waals surface area contributed by atoms with Crippen molar-refractivity contribution in [3.05, 3.63) is 12.7 Å². The van der Waals surface area contributed by atoms with Crippen molar-refractivity contribution in [2.45, 2.75) is 37.9 Å². The van der Waals surface area contributed by atoms with E-state index in [1.54, 1.807) is 13.8 Å². The van der Waals surface area contributed by atoms with Gasteiger partial charge in [0, 0.05) is 0 Å². The lowest BCUT2D eigenvalue weighted by Gasteiger charge is -2.17. The summed E-state index contributed by atoms with van der Waals surface area (Å²) in [5.74, 6) is -0.770. The normalized spacial score (nSPS) is 34.1. The Bertz CT molecular complexity index is 212. The van der Waals surface area contributed by atoms with Crippen molar-refractivity contribution < 1.29 is 19.4 Å². The van der Waals surface area contributed by atoms with E-state index < -0.39 is 24.1 Å². The first-order valence-corrected chi connectivity index (χ1v) is 4.12. The SMILES string of the molecule is C=C[C@@H]1OC(C)(C)O[C@@H]1[C@@H](O)C=O. The van der Waals surface area contributed by atoms with Crippen LogP contribution in [0.25, 0.3) is 0 Å². The van der Waals surface area contributed by atoms with Gasteiger partial charge in [-0.25, -0.2) is 0 Å². The molecule has 0 aromatic carbocycles. The van der Waals surface area contributed by atoms with E-state index in [1.807, 2.05) is 0 Å². The van der Waals surface area contributed by atoms with Gasteiger partial charge in [0.05, 0.1) is 0 Å². The maximum absolute atomic E-state index is 10.3. The summed E-state index contributed by atoms with van der Waals surface area (Å²) in [7, 11) is 0. The molecule has 0 aromatic heterocycles. The van der Waals surface area contributed by atoms with Crippen LogP contribution in [0.4, 0.5) is 0 Å². The summed E-state index contributed by atoms with van der Waals surface area (Å²) in [5, 5.41) is 9.27. The molecular formula is C9H14O4. The summed E-state index contributed by atoms with van der Waals surface area (Å²) in [6.07, 6.45) is -0.289. The second-order valence-electron chi connectivity index (χ2n) is 3.43. The average Bonchev–Trinajstić information content (AvgIpc) is 2.39. The molecule has 1 fully saturated rings. The number of ether oxygens (including phenoxy) is 2. The van der Waals surface area contributed by atoms with Gasteiger partial charge in [0.15, 0.2) is 12.1 Å². The number of aliphatic hydroxyl groups excluding tert-OH is 1. The Hall–Kier alpha value is -0.710. The van der Waals surface area contributed by atoms with Crippen LogP contribution in [0, 0.1) is 0 Å². The van der Waals surface area contributed by atoms with Crippen molar-refractivity contribution in [3.63, 3.8) is 0 Å². The number of carbonyl (C=O) groups excluding carboxylic acids is 1. The minimum Gasteiger partial charge on any atom is -0.383 e. The zero-order chi connectivity index (χ0) is 10.1. The van der Waals surface area contributed by atoms with E-state index in [1.165, 1.54) is 6.08 Å².